The van der Waals surface area contributed by atoms with E-state index in [-0.39, 0.29) is 5.69 Å². The molecular weight excluding hydrogens is 264 g/mol. The Hall–Kier alpha value is -2.43. The zero-order chi connectivity index (χ0) is 14.7. The van der Waals surface area contributed by atoms with Crippen LogP contribution in [-0.2, 0) is 0 Å². The van der Waals surface area contributed by atoms with Gasteiger partial charge >= 0.3 is 0 Å². The summed E-state index contributed by atoms with van der Waals surface area (Å²) in [6, 6.07) is 11.6. The molecule has 5 heteroatoms. The zero-order valence-corrected chi connectivity index (χ0v) is 11.7. The molecule has 1 aliphatic rings. The number of carbonyl (C=O) groups is 1. The van der Waals surface area contributed by atoms with Crippen LogP contribution in [0.1, 0.15) is 36.2 Å². The summed E-state index contributed by atoms with van der Waals surface area (Å²) >= 11 is 0. The molecule has 0 atom stereocenters. The number of nitrogens with two attached hydrogens (primary N) is 1. The number of aromatic nitrogens is 2. The second-order valence-electron chi connectivity index (χ2n) is 5.32. The van der Waals surface area contributed by atoms with Gasteiger partial charge in [0.15, 0.2) is 5.82 Å². The van der Waals surface area contributed by atoms with Gasteiger partial charge in [0.2, 0.25) is 0 Å². The van der Waals surface area contributed by atoms with Crippen molar-refractivity contribution in [1.29, 1.82) is 0 Å². The summed E-state index contributed by atoms with van der Waals surface area (Å²) in [5.74, 6) is 0.654. The molecule has 0 bridgehead atoms. The maximum Gasteiger partial charge on any atom is 0.267 e. The van der Waals surface area contributed by atoms with Crippen molar-refractivity contribution in [2.24, 2.45) is 5.73 Å². The van der Waals surface area contributed by atoms with Crippen LogP contribution < -0.4 is 11.1 Å². The molecule has 1 aromatic heterocycles. The van der Waals surface area contributed by atoms with Crippen molar-refractivity contribution < 1.29 is 4.79 Å². The summed E-state index contributed by atoms with van der Waals surface area (Å²) in [4.78, 5) is 20.2. The monoisotopic (exact) mass is 282 g/mol. The first-order chi connectivity index (χ1) is 10.2. The average molecular weight is 282 g/mol. The normalized spacial score (nSPS) is 15.0. The fraction of sp³-hybridized carbons (Fsp3) is 0.312. The average Bonchev–Trinajstić information content (AvgIpc) is 3.01. The maximum absolute atomic E-state index is 11.5. The molecule has 108 valence electrons. The fourth-order valence-corrected chi connectivity index (χ4v) is 2.64. The van der Waals surface area contributed by atoms with Crippen LogP contribution in [0.4, 0.5) is 5.82 Å². The number of hydrogen-bond acceptors (Lipinski definition) is 4. The lowest BCUT2D eigenvalue weighted by molar-refractivity contribution is 0.0995. The van der Waals surface area contributed by atoms with E-state index in [0.717, 1.165) is 18.4 Å². The van der Waals surface area contributed by atoms with E-state index in [4.69, 9.17) is 5.73 Å². The third-order valence-electron chi connectivity index (χ3n) is 3.72. The molecular formula is C16H18N4O. The van der Waals surface area contributed by atoms with Crippen molar-refractivity contribution in [3.63, 3.8) is 0 Å². The van der Waals surface area contributed by atoms with Crippen LogP contribution in [0.5, 0.6) is 0 Å². The summed E-state index contributed by atoms with van der Waals surface area (Å²) in [6.45, 7) is 0. The predicted molar refractivity (Wildman–Crippen MR) is 81.9 cm³/mol. The van der Waals surface area contributed by atoms with Crippen molar-refractivity contribution >= 4 is 11.7 Å². The number of amides is 1. The second-order valence-corrected chi connectivity index (χ2v) is 5.32. The van der Waals surface area contributed by atoms with Crippen molar-refractivity contribution in [3.8, 4) is 11.4 Å². The van der Waals surface area contributed by atoms with E-state index in [1.165, 1.54) is 12.8 Å². The highest BCUT2D eigenvalue weighted by Gasteiger charge is 2.17. The van der Waals surface area contributed by atoms with Crippen LogP contribution >= 0.6 is 0 Å². The third kappa shape index (κ3) is 3.18. The molecule has 0 saturated heterocycles. The van der Waals surface area contributed by atoms with Gasteiger partial charge < -0.3 is 11.1 Å². The molecule has 1 aliphatic carbocycles. The third-order valence-corrected chi connectivity index (χ3v) is 3.72. The van der Waals surface area contributed by atoms with Gasteiger partial charge in [0, 0.05) is 17.7 Å². The van der Waals surface area contributed by atoms with Crippen LogP contribution in [0.3, 0.4) is 0 Å². The van der Waals surface area contributed by atoms with Crippen molar-refractivity contribution in [1.82, 2.24) is 9.97 Å². The quantitative estimate of drug-likeness (QED) is 0.903. The molecule has 0 unspecified atom stereocenters. The number of nitrogens with one attached hydrogen (secondary N) is 1. The Bertz CT molecular complexity index is 636. The topological polar surface area (TPSA) is 80.9 Å². The summed E-state index contributed by atoms with van der Waals surface area (Å²) in [5.41, 5.74) is 6.49. The largest absolute Gasteiger partial charge is 0.367 e. The van der Waals surface area contributed by atoms with Crippen LogP contribution in [0.15, 0.2) is 36.4 Å². The molecule has 3 rings (SSSR count). The first-order valence-corrected chi connectivity index (χ1v) is 7.23. The molecule has 0 radical (unpaired) electrons. The fourth-order valence-electron chi connectivity index (χ4n) is 2.64. The molecule has 1 aromatic carbocycles. The SMILES string of the molecule is NC(=O)c1cc(NC2CCCC2)nc(-c2ccccc2)n1. The van der Waals surface area contributed by atoms with Crippen molar-refractivity contribution in [2.45, 2.75) is 31.7 Å². The van der Waals surface area contributed by atoms with Gasteiger partial charge in [-0.2, -0.15) is 0 Å². The van der Waals surface area contributed by atoms with Gasteiger partial charge in [-0.1, -0.05) is 43.2 Å². The van der Waals surface area contributed by atoms with E-state index in [1.807, 2.05) is 30.3 Å². The number of nitrogens with zero attached hydrogens (tertiary/aromatic N) is 2. The Morgan fingerprint density at radius 1 is 1.14 bits per heavy atom. The highest BCUT2D eigenvalue weighted by atomic mass is 16.1. The number of primary amides is 1. The minimum Gasteiger partial charge on any atom is -0.367 e. The van der Waals surface area contributed by atoms with Crippen LogP contribution in [0.25, 0.3) is 11.4 Å². The lowest BCUT2D eigenvalue weighted by atomic mass is 10.2. The van der Waals surface area contributed by atoms with Crippen LogP contribution in [0, 0.1) is 0 Å². The highest BCUT2D eigenvalue weighted by molar-refractivity contribution is 5.92. The number of carbonyl (C=O) groups excluding carboxylic acids is 1. The first kappa shape index (κ1) is 13.5. The van der Waals surface area contributed by atoms with E-state index in [2.05, 4.69) is 15.3 Å². The molecule has 3 N–H and O–H groups in total. The number of benzene rings is 1. The Labute approximate surface area is 123 Å². The lowest BCUT2D eigenvalue weighted by Gasteiger charge is -2.14. The second kappa shape index (κ2) is 5.91. The van der Waals surface area contributed by atoms with Gasteiger partial charge in [0.25, 0.3) is 5.91 Å². The summed E-state index contributed by atoms with van der Waals surface area (Å²) in [7, 11) is 0. The van der Waals surface area contributed by atoms with Crippen molar-refractivity contribution in [2.75, 3.05) is 5.32 Å². The Morgan fingerprint density at radius 2 is 1.86 bits per heavy atom. The standard InChI is InChI=1S/C16H18N4O/c17-15(21)13-10-14(18-12-8-4-5-9-12)20-16(19-13)11-6-2-1-3-7-11/h1-3,6-7,10,12H,4-5,8-9H2,(H2,17,21)(H,18,19,20). The Morgan fingerprint density at radius 3 is 2.52 bits per heavy atom. The minimum absolute atomic E-state index is 0.240. The Balaban J connectivity index is 1.95. The molecule has 1 heterocycles. The van der Waals surface area contributed by atoms with Crippen molar-refractivity contribution in [3.05, 3.63) is 42.1 Å². The summed E-state index contributed by atoms with van der Waals surface area (Å²) < 4.78 is 0. The van der Waals surface area contributed by atoms with E-state index >= 15 is 0 Å². The van der Waals surface area contributed by atoms with E-state index in [0.29, 0.717) is 17.7 Å². The molecule has 0 aliphatic heterocycles. The van der Waals surface area contributed by atoms with Gasteiger partial charge in [-0.3, -0.25) is 4.79 Å². The molecule has 1 amide bonds. The van der Waals surface area contributed by atoms with Gasteiger partial charge in [0.05, 0.1) is 0 Å². The number of anilines is 1. The number of hydrogen-bond donors (Lipinski definition) is 2. The van der Waals surface area contributed by atoms with Gasteiger partial charge in [-0.25, -0.2) is 9.97 Å². The Kier molecular flexibility index (Phi) is 3.81. The summed E-state index contributed by atoms with van der Waals surface area (Å²) in [6.07, 6.45) is 4.74. The minimum atomic E-state index is -0.538. The molecule has 5 nitrogen and oxygen atoms in total. The van der Waals surface area contributed by atoms with E-state index in [9.17, 15) is 4.79 Å². The molecule has 0 spiro atoms. The lowest BCUT2D eigenvalue weighted by Crippen LogP contribution is -2.19. The first-order valence-electron chi connectivity index (χ1n) is 7.23. The van der Waals surface area contributed by atoms with E-state index in [1.54, 1.807) is 6.07 Å². The smallest absolute Gasteiger partial charge is 0.267 e. The highest BCUT2D eigenvalue weighted by Crippen LogP contribution is 2.23. The molecule has 21 heavy (non-hydrogen) atoms. The van der Waals surface area contributed by atoms with Gasteiger partial charge in [-0.15, -0.1) is 0 Å². The predicted octanol–water partition coefficient (Wildman–Crippen LogP) is 2.60. The summed E-state index contributed by atoms with van der Waals surface area (Å²) in [5, 5.41) is 3.39. The van der Waals surface area contributed by atoms with E-state index < -0.39 is 5.91 Å². The van der Waals surface area contributed by atoms with Crippen LogP contribution in [0.2, 0.25) is 0 Å². The van der Waals surface area contributed by atoms with Crippen LogP contribution in [-0.4, -0.2) is 21.9 Å². The number of rotatable bonds is 4. The van der Waals surface area contributed by atoms with Gasteiger partial charge in [-0.05, 0) is 12.8 Å². The maximum atomic E-state index is 11.5. The molecule has 2 aromatic rings. The molecule has 1 fully saturated rings. The zero-order valence-electron chi connectivity index (χ0n) is 11.7. The molecule has 1 saturated carbocycles. The van der Waals surface area contributed by atoms with Gasteiger partial charge in [0.1, 0.15) is 11.5 Å².